The maximum Gasteiger partial charge on any atom is 0.243 e. The van der Waals surface area contributed by atoms with Crippen molar-refractivity contribution in [3.8, 4) is 34.1 Å². The predicted molar refractivity (Wildman–Crippen MR) is 90.4 cm³/mol. The Hall–Kier alpha value is -3.15. The van der Waals surface area contributed by atoms with Gasteiger partial charge in [-0.2, -0.15) is 0 Å². The van der Waals surface area contributed by atoms with Crippen molar-refractivity contribution in [1.82, 2.24) is 5.32 Å². The van der Waals surface area contributed by atoms with E-state index in [0.29, 0.717) is 29.2 Å². The van der Waals surface area contributed by atoms with Gasteiger partial charge in [-0.05, 0) is 41.5 Å². The van der Waals surface area contributed by atoms with Crippen LogP contribution in [0.4, 0.5) is 0 Å². The molecule has 0 bridgehead atoms. The molecule has 6 nitrogen and oxygen atoms in total. The highest BCUT2D eigenvalue weighted by Gasteiger charge is 2.16. The van der Waals surface area contributed by atoms with E-state index in [4.69, 9.17) is 9.47 Å². The van der Waals surface area contributed by atoms with E-state index in [1.807, 2.05) is 0 Å². The van der Waals surface area contributed by atoms with Crippen LogP contribution in [0.15, 0.2) is 43.0 Å². The molecule has 0 atom stereocenters. The number of rotatable bonds is 6. The Balaban J connectivity index is 2.48. The molecule has 0 spiro atoms. The first-order valence-corrected chi connectivity index (χ1v) is 7.17. The first kappa shape index (κ1) is 17.2. The molecule has 6 heteroatoms. The quantitative estimate of drug-likeness (QED) is 0.560. The summed E-state index contributed by atoms with van der Waals surface area (Å²) in [5.74, 6) is 0.310. The molecule has 0 heterocycles. The van der Waals surface area contributed by atoms with Crippen molar-refractivity contribution in [2.75, 3.05) is 14.2 Å². The van der Waals surface area contributed by atoms with Crippen molar-refractivity contribution in [3.63, 3.8) is 0 Å². The SMILES string of the molecule is C=CC(=O)NCc1cc(OC)c(-c2ccc(O)c(O)c2)c(OC)c1. The van der Waals surface area contributed by atoms with Gasteiger partial charge >= 0.3 is 0 Å². The number of ether oxygens (including phenoxy) is 2. The van der Waals surface area contributed by atoms with Crippen LogP contribution in [0.5, 0.6) is 23.0 Å². The van der Waals surface area contributed by atoms with E-state index >= 15 is 0 Å². The number of nitrogens with one attached hydrogen (secondary N) is 1. The molecule has 2 aromatic rings. The highest BCUT2D eigenvalue weighted by molar-refractivity contribution is 5.87. The van der Waals surface area contributed by atoms with Crippen LogP contribution in [0, 0.1) is 0 Å². The zero-order valence-electron chi connectivity index (χ0n) is 13.5. The Bertz CT molecular complexity index is 745. The molecule has 2 rings (SSSR count). The molecule has 0 saturated heterocycles. The third kappa shape index (κ3) is 3.60. The summed E-state index contributed by atoms with van der Waals surface area (Å²) >= 11 is 0. The summed E-state index contributed by atoms with van der Waals surface area (Å²) in [5.41, 5.74) is 2.04. The molecular weight excluding hydrogens is 310 g/mol. The Morgan fingerprint density at radius 2 is 1.75 bits per heavy atom. The Morgan fingerprint density at radius 1 is 1.12 bits per heavy atom. The van der Waals surface area contributed by atoms with E-state index in [1.54, 1.807) is 18.2 Å². The number of aromatic hydroxyl groups is 2. The fraction of sp³-hybridized carbons (Fsp3) is 0.167. The largest absolute Gasteiger partial charge is 0.504 e. The van der Waals surface area contributed by atoms with Crippen molar-refractivity contribution in [1.29, 1.82) is 0 Å². The standard InChI is InChI=1S/C18H19NO5/c1-4-17(22)19-10-11-7-15(23-2)18(16(8-11)24-3)12-5-6-13(20)14(21)9-12/h4-9,20-21H,1,10H2,2-3H3,(H,19,22). The minimum atomic E-state index is -0.277. The lowest BCUT2D eigenvalue weighted by atomic mass is 10.0. The molecule has 0 aliphatic carbocycles. The fourth-order valence-electron chi connectivity index (χ4n) is 2.29. The van der Waals surface area contributed by atoms with Crippen LogP contribution in [-0.2, 0) is 11.3 Å². The second kappa shape index (κ2) is 7.41. The molecule has 0 radical (unpaired) electrons. The van der Waals surface area contributed by atoms with Crippen molar-refractivity contribution < 1.29 is 24.5 Å². The molecular formula is C18H19NO5. The summed E-state index contributed by atoms with van der Waals surface area (Å²) in [6.07, 6.45) is 1.20. The van der Waals surface area contributed by atoms with Crippen LogP contribution in [0.1, 0.15) is 5.56 Å². The zero-order chi connectivity index (χ0) is 17.7. The van der Waals surface area contributed by atoms with Crippen LogP contribution in [0.3, 0.4) is 0 Å². The number of carbonyl (C=O) groups excluding carboxylic acids is 1. The van der Waals surface area contributed by atoms with Gasteiger partial charge in [0.05, 0.1) is 19.8 Å². The molecule has 0 aliphatic heterocycles. The minimum Gasteiger partial charge on any atom is -0.504 e. The van der Waals surface area contributed by atoms with E-state index in [-0.39, 0.29) is 17.4 Å². The number of carbonyl (C=O) groups is 1. The molecule has 0 unspecified atom stereocenters. The van der Waals surface area contributed by atoms with Crippen LogP contribution in [0.2, 0.25) is 0 Å². The smallest absolute Gasteiger partial charge is 0.243 e. The Morgan fingerprint density at radius 3 is 2.25 bits per heavy atom. The highest BCUT2D eigenvalue weighted by atomic mass is 16.5. The third-order valence-corrected chi connectivity index (χ3v) is 3.48. The Labute approximate surface area is 140 Å². The lowest BCUT2D eigenvalue weighted by molar-refractivity contribution is -0.116. The molecule has 126 valence electrons. The van der Waals surface area contributed by atoms with Crippen molar-refractivity contribution >= 4 is 5.91 Å². The molecule has 0 fully saturated rings. The highest BCUT2D eigenvalue weighted by Crippen LogP contribution is 2.42. The average molecular weight is 329 g/mol. The summed E-state index contributed by atoms with van der Waals surface area (Å²) in [6.45, 7) is 3.69. The van der Waals surface area contributed by atoms with Gasteiger partial charge in [0.2, 0.25) is 5.91 Å². The van der Waals surface area contributed by atoms with Gasteiger partial charge < -0.3 is 25.0 Å². The first-order chi connectivity index (χ1) is 11.5. The van der Waals surface area contributed by atoms with Gasteiger partial charge in [0.15, 0.2) is 11.5 Å². The van der Waals surface area contributed by atoms with Gasteiger partial charge in [-0.3, -0.25) is 4.79 Å². The molecule has 0 saturated carbocycles. The average Bonchev–Trinajstić information content (AvgIpc) is 2.60. The van der Waals surface area contributed by atoms with Crippen LogP contribution < -0.4 is 14.8 Å². The van der Waals surface area contributed by atoms with Crippen LogP contribution in [-0.4, -0.2) is 30.3 Å². The van der Waals surface area contributed by atoms with Gasteiger partial charge in [-0.15, -0.1) is 0 Å². The van der Waals surface area contributed by atoms with Crippen LogP contribution in [0.25, 0.3) is 11.1 Å². The number of hydrogen-bond acceptors (Lipinski definition) is 5. The van der Waals surface area contributed by atoms with Crippen molar-refractivity contribution in [3.05, 3.63) is 48.6 Å². The number of phenolic OH excluding ortho intramolecular Hbond substituents is 2. The summed E-state index contributed by atoms with van der Waals surface area (Å²) in [5, 5.41) is 21.9. The number of benzene rings is 2. The third-order valence-electron chi connectivity index (χ3n) is 3.48. The van der Waals surface area contributed by atoms with E-state index < -0.39 is 0 Å². The molecule has 1 amide bonds. The zero-order valence-corrected chi connectivity index (χ0v) is 13.5. The summed E-state index contributed by atoms with van der Waals surface area (Å²) < 4.78 is 10.9. The maximum absolute atomic E-state index is 11.3. The summed E-state index contributed by atoms with van der Waals surface area (Å²) in [7, 11) is 3.04. The van der Waals surface area contributed by atoms with Gasteiger partial charge in [0.25, 0.3) is 0 Å². The molecule has 0 aromatic heterocycles. The topological polar surface area (TPSA) is 88.0 Å². The normalized spacial score (nSPS) is 10.1. The second-order valence-electron chi connectivity index (χ2n) is 5.00. The number of amides is 1. The first-order valence-electron chi connectivity index (χ1n) is 7.17. The van der Waals surface area contributed by atoms with Crippen molar-refractivity contribution in [2.45, 2.75) is 6.54 Å². The van der Waals surface area contributed by atoms with Gasteiger partial charge in [-0.1, -0.05) is 12.6 Å². The molecule has 0 aliphatic rings. The molecule has 2 aromatic carbocycles. The summed E-state index contributed by atoms with van der Waals surface area (Å²) in [4.78, 5) is 11.3. The van der Waals surface area contributed by atoms with E-state index in [1.165, 1.54) is 32.4 Å². The van der Waals surface area contributed by atoms with E-state index in [0.717, 1.165) is 5.56 Å². The Kier molecular flexibility index (Phi) is 5.31. The number of phenols is 2. The lowest BCUT2D eigenvalue weighted by Gasteiger charge is -2.16. The van der Waals surface area contributed by atoms with Gasteiger partial charge in [0.1, 0.15) is 11.5 Å². The maximum atomic E-state index is 11.3. The van der Waals surface area contributed by atoms with E-state index in [2.05, 4.69) is 11.9 Å². The van der Waals surface area contributed by atoms with Gasteiger partial charge in [0, 0.05) is 6.54 Å². The monoisotopic (exact) mass is 329 g/mol. The van der Waals surface area contributed by atoms with E-state index in [9.17, 15) is 15.0 Å². The summed E-state index contributed by atoms with van der Waals surface area (Å²) in [6, 6.07) is 8.00. The number of hydrogen-bond donors (Lipinski definition) is 3. The molecule has 3 N–H and O–H groups in total. The fourth-order valence-corrected chi connectivity index (χ4v) is 2.29. The second-order valence-corrected chi connectivity index (χ2v) is 5.00. The van der Waals surface area contributed by atoms with Crippen LogP contribution >= 0.6 is 0 Å². The number of methoxy groups -OCH3 is 2. The predicted octanol–water partition coefficient (Wildman–Crippen LogP) is 2.58. The van der Waals surface area contributed by atoms with Crippen molar-refractivity contribution in [2.24, 2.45) is 0 Å². The molecule has 24 heavy (non-hydrogen) atoms. The lowest BCUT2D eigenvalue weighted by Crippen LogP contribution is -2.20. The minimum absolute atomic E-state index is 0.208. The van der Waals surface area contributed by atoms with Gasteiger partial charge in [-0.25, -0.2) is 0 Å².